The lowest BCUT2D eigenvalue weighted by Gasteiger charge is -2.26. The molecular formula is C27H23ClFNO5. The van der Waals surface area contributed by atoms with E-state index in [4.69, 9.17) is 21.1 Å². The van der Waals surface area contributed by atoms with Crippen molar-refractivity contribution in [2.24, 2.45) is 0 Å². The largest absolute Gasteiger partial charge is 0.507 e. The lowest BCUT2D eigenvalue weighted by atomic mass is 9.94. The highest BCUT2D eigenvalue weighted by atomic mass is 35.5. The molecule has 0 spiro atoms. The molecule has 35 heavy (non-hydrogen) atoms. The lowest BCUT2D eigenvalue weighted by Crippen LogP contribution is -2.29. The van der Waals surface area contributed by atoms with Gasteiger partial charge in [-0.25, -0.2) is 4.39 Å². The Labute approximate surface area is 207 Å². The van der Waals surface area contributed by atoms with Crippen LogP contribution in [-0.4, -0.2) is 31.0 Å². The Bertz CT molecular complexity index is 1340. The van der Waals surface area contributed by atoms with Gasteiger partial charge in [-0.3, -0.25) is 14.5 Å². The molecule has 3 aromatic carbocycles. The third-order valence-corrected chi connectivity index (χ3v) is 6.28. The number of ether oxygens (including phenoxy) is 2. The molecular weight excluding hydrogens is 473 g/mol. The zero-order valence-corrected chi connectivity index (χ0v) is 20.1. The van der Waals surface area contributed by atoms with Crippen molar-refractivity contribution in [3.63, 3.8) is 0 Å². The van der Waals surface area contributed by atoms with E-state index in [1.165, 1.54) is 37.3 Å². The highest BCUT2D eigenvalue weighted by Crippen LogP contribution is 2.43. The van der Waals surface area contributed by atoms with E-state index in [1.807, 2.05) is 19.1 Å². The summed E-state index contributed by atoms with van der Waals surface area (Å²) in [6.07, 6.45) is 0.805. The van der Waals surface area contributed by atoms with Crippen LogP contribution in [0, 0.1) is 5.82 Å². The fraction of sp³-hybridized carbons (Fsp3) is 0.185. The number of ketones is 1. The van der Waals surface area contributed by atoms with E-state index in [0.29, 0.717) is 17.1 Å². The van der Waals surface area contributed by atoms with Crippen LogP contribution in [0.5, 0.6) is 11.5 Å². The van der Waals surface area contributed by atoms with Crippen LogP contribution in [0.2, 0.25) is 5.02 Å². The lowest BCUT2D eigenvalue weighted by molar-refractivity contribution is -0.132. The molecule has 0 saturated carbocycles. The van der Waals surface area contributed by atoms with Crippen LogP contribution in [0.25, 0.3) is 5.76 Å². The predicted octanol–water partition coefficient (Wildman–Crippen LogP) is 5.69. The minimum Gasteiger partial charge on any atom is -0.507 e. The van der Waals surface area contributed by atoms with Crippen LogP contribution in [-0.2, 0) is 16.0 Å². The molecule has 0 aromatic heterocycles. The van der Waals surface area contributed by atoms with Crippen molar-refractivity contribution in [1.29, 1.82) is 0 Å². The molecule has 1 heterocycles. The SMILES string of the molecule is CCc1ccc(C2/C(=C(\O)c3ccc(OC)c(OC)c3)C(=O)C(=O)N2c2ccc(F)c(Cl)c2)cc1. The fourth-order valence-electron chi connectivity index (χ4n) is 4.12. The summed E-state index contributed by atoms with van der Waals surface area (Å²) in [5.41, 5.74) is 2.06. The zero-order valence-electron chi connectivity index (χ0n) is 19.3. The number of Topliss-reactive ketones (excluding diaryl/α,β-unsaturated/α-hetero) is 1. The highest BCUT2D eigenvalue weighted by molar-refractivity contribution is 6.51. The number of anilines is 1. The summed E-state index contributed by atoms with van der Waals surface area (Å²) >= 11 is 5.98. The van der Waals surface area contributed by atoms with Crippen molar-refractivity contribution in [3.8, 4) is 11.5 Å². The Morgan fingerprint density at radius 1 is 1.00 bits per heavy atom. The number of benzene rings is 3. The first kappa shape index (κ1) is 24.3. The van der Waals surface area contributed by atoms with E-state index in [9.17, 15) is 19.1 Å². The van der Waals surface area contributed by atoms with Crippen molar-refractivity contribution < 1.29 is 28.6 Å². The molecule has 4 rings (SSSR count). The Morgan fingerprint density at radius 3 is 2.29 bits per heavy atom. The quantitative estimate of drug-likeness (QED) is 0.270. The molecule has 3 aromatic rings. The third kappa shape index (κ3) is 4.35. The number of methoxy groups -OCH3 is 2. The van der Waals surface area contributed by atoms with Crippen molar-refractivity contribution in [2.75, 3.05) is 19.1 Å². The smallest absolute Gasteiger partial charge is 0.300 e. The molecule has 0 bridgehead atoms. The van der Waals surface area contributed by atoms with Gasteiger partial charge in [0, 0.05) is 11.3 Å². The molecule has 1 N–H and O–H groups in total. The van der Waals surface area contributed by atoms with Gasteiger partial charge >= 0.3 is 0 Å². The summed E-state index contributed by atoms with van der Waals surface area (Å²) in [4.78, 5) is 27.7. The Morgan fingerprint density at radius 2 is 1.69 bits per heavy atom. The number of rotatable bonds is 6. The summed E-state index contributed by atoms with van der Waals surface area (Å²) in [5, 5.41) is 11.1. The van der Waals surface area contributed by atoms with Gasteiger partial charge in [0.15, 0.2) is 11.5 Å². The van der Waals surface area contributed by atoms with Gasteiger partial charge in [0.25, 0.3) is 11.7 Å². The van der Waals surface area contributed by atoms with Crippen LogP contribution < -0.4 is 14.4 Å². The van der Waals surface area contributed by atoms with Crippen LogP contribution in [0.1, 0.15) is 29.7 Å². The average Bonchev–Trinajstić information content (AvgIpc) is 3.15. The number of nitrogens with zero attached hydrogens (tertiary/aromatic N) is 1. The van der Waals surface area contributed by atoms with E-state index in [0.717, 1.165) is 18.1 Å². The first-order valence-electron chi connectivity index (χ1n) is 10.9. The van der Waals surface area contributed by atoms with Gasteiger partial charge in [-0.1, -0.05) is 42.8 Å². The maximum Gasteiger partial charge on any atom is 0.300 e. The number of halogens is 2. The maximum atomic E-state index is 13.8. The van der Waals surface area contributed by atoms with E-state index in [-0.39, 0.29) is 27.6 Å². The number of aliphatic hydroxyl groups excluding tert-OH is 1. The molecule has 8 heteroatoms. The van der Waals surface area contributed by atoms with Gasteiger partial charge in [0.1, 0.15) is 11.6 Å². The Hall–Kier alpha value is -3.84. The van der Waals surface area contributed by atoms with Gasteiger partial charge in [0.05, 0.1) is 30.9 Å². The second-order valence-corrected chi connectivity index (χ2v) is 8.34. The van der Waals surface area contributed by atoms with E-state index in [2.05, 4.69) is 0 Å². The molecule has 1 atom stereocenters. The van der Waals surface area contributed by atoms with Gasteiger partial charge in [-0.15, -0.1) is 0 Å². The van der Waals surface area contributed by atoms with Gasteiger partial charge in [-0.05, 0) is 53.9 Å². The average molecular weight is 496 g/mol. The third-order valence-electron chi connectivity index (χ3n) is 5.99. The van der Waals surface area contributed by atoms with Crippen LogP contribution >= 0.6 is 11.6 Å². The van der Waals surface area contributed by atoms with Crippen molar-refractivity contribution in [1.82, 2.24) is 0 Å². The second kappa shape index (κ2) is 9.80. The highest BCUT2D eigenvalue weighted by Gasteiger charge is 2.47. The topological polar surface area (TPSA) is 76.1 Å². The number of carbonyl (C=O) groups is 2. The second-order valence-electron chi connectivity index (χ2n) is 7.93. The molecule has 1 amide bonds. The van der Waals surface area contributed by atoms with Crippen LogP contribution in [0.15, 0.2) is 66.2 Å². The molecule has 1 aliphatic heterocycles. The molecule has 180 valence electrons. The number of hydrogen-bond acceptors (Lipinski definition) is 5. The minimum absolute atomic E-state index is 0.105. The van der Waals surface area contributed by atoms with Gasteiger partial charge < -0.3 is 14.6 Å². The monoisotopic (exact) mass is 495 g/mol. The minimum atomic E-state index is -0.962. The van der Waals surface area contributed by atoms with Gasteiger partial charge in [-0.2, -0.15) is 0 Å². The number of amides is 1. The molecule has 1 unspecified atom stereocenters. The van der Waals surface area contributed by atoms with E-state index >= 15 is 0 Å². The van der Waals surface area contributed by atoms with Gasteiger partial charge in [0.2, 0.25) is 0 Å². The molecule has 6 nitrogen and oxygen atoms in total. The summed E-state index contributed by atoms with van der Waals surface area (Å²) in [6.45, 7) is 2.01. The van der Waals surface area contributed by atoms with Crippen molar-refractivity contribution in [2.45, 2.75) is 19.4 Å². The molecule has 1 saturated heterocycles. The number of carbonyl (C=O) groups excluding carboxylic acids is 2. The van der Waals surface area contributed by atoms with Crippen molar-refractivity contribution in [3.05, 3.63) is 93.8 Å². The molecule has 0 aliphatic carbocycles. The first-order valence-corrected chi connectivity index (χ1v) is 11.3. The van der Waals surface area contributed by atoms with Crippen LogP contribution in [0.3, 0.4) is 0 Å². The normalized spacial score (nSPS) is 17.1. The fourth-order valence-corrected chi connectivity index (χ4v) is 4.30. The number of aliphatic hydroxyl groups is 1. The van der Waals surface area contributed by atoms with Crippen molar-refractivity contribution >= 4 is 34.7 Å². The Balaban J connectivity index is 1.94. The van der Waals surface area contributed by atoms with Crippen LogP contribution in [0.4, 0.5) is 10.1 Å². The zero-order chi connectivity index (χ0) is 25.3. The molecule has 1 aliphatic rings. The summed E-state index contributed by atoms with van der Waals surface area (Å²) in [7, 11) is 2.94. The number of aryl methyl sites for hydroxylation is 1. The number of hydrogen-bond donors (Lipinski definition) is 1. The molecule has 0 radical (unpaired) electrons. The standard InChI is InChI=1S/C27H23ClFNO5/c1-4-15-5-7-16(8-6-15)24-23(25(31)17-9-12-21(34-2)22(13-17)35-3)26(32)27(33)30(24)18-10-11-20(29)19(28)14-18/h5-14,24,31H,4H2,1-3H3/b25-23+. The Kier molecular flexibility index (Phi) is 6.80. The van der Waals surface area contributed by atoms with E-state index in [1.54, 1.807) is 24.3 Å². The summed E-state index contributed by atoms with van der Waals surface area (Å²) in [5.74, 6) is -1.97. The van der Waals surface area contributed by atoms with E-state index < -0.39 is 23.5 Å². The maximum absolute atomic E-state index is 13.8. The summed E-state index contributed by atoms with van der Waals surface area (Å²) in [6, 6.07) is 14.9. The molecule has 1 fully saturated rings. The first-order chi connectivity index (χ1) is 16.8. The predicted molar refractivity (Wildman–Crippen MR) is 132 cm³/mol. The summed E-state index contributed by atoms with van der Waals surface area (Å²) < 4.78 is 24.4.